The first kappa shape index (κ1) is 19.7. The molecule has 0 saturated carbocycles. The fourth-order valence-electron chi connectivity index (χ4n) is 2.12. The van der Waals surface area contributed by atoms with Gasteiger partial charge in [-0.15, -0.1) is 0 Å². The number of carbonyl (C=O) groups excluding carboxylic acids is 3. The van der Waals surface area contributed by atoms with Gasteiger partial charge in [-0.25, -0.2) is 0 Å². The molecule has 0 amide bonds. The molecular weight excluding hydrogens is 358 g/mol. The van der Waals surface area contributed by atoms with Gasteiger partial charge in [-0.1, -0.05) is 0 Å². The minimum atomic E-state index is -1.51. The third-order valence-corrected chi connectivity index (χ3v) is 6.05. The second-order valence-electron chi connectivity index (χ2n) is 5.29. The molecule has 0 spiro atoms. The van der Waals surface area contributed by atoms with Gasteiger partial charge in [0.25, 0.3) is 0 Å². The molecule has 0 bridgehead atoms. The Morgan fingerprint density at radius 1 is 1.05 bits per heavy atom. The van der Waals surface area contributed by atoms with Crippen LogP contribution in [-0.2, 0) is 22.3 Å². The predicted octanol–water partition coefficient (Wildman–Crippen LogP) is 1.38. The molecule has 0 aliphatic heterocycles. The molecular formula is C16H19O5Rb. The summed E-state index contributed by atoms with van der Waals surface area (Å²) < 4.78 is 8.97. The molecule has 22 heavy (non-hydrogen) atoms. The van der Waals surface area contributed by atoms with Crippen LogP contribution >= 0.6 is 0 Å². The van der Waals surface area contributed by atoms with E-state index in [1.807, 2.05) is 30.3 Å². The normalized spacial score (nSPS) is 13.4. The summed E-state index contributed by atoms with van der Waals surface area (Å²) in [6, 6.07) is 9.19. The Balaban J connectivity index is 3.15. The van der Waals surface area contributed by atoms with Crippen LogP contribution < -0.4 is 0 Å². The molecule has 5 nitrogen and oxygen atoms in total. The number of ketones is 1. The average molecular weight is 377 g/mol. The standard InChI is InChI=1S/C16H19O5.Rb/c1-4-20-15(18)13(16(19)21-5-2)14(17)11(3)12-9-7-6-8-10-12;/h6-10,13H,4-5H2,1-3H3;. The molecule has 1 rings (SSSR count). The molecule has 0 saturated heterocycles. The van der Waals surface area contributed by atoms with E-state index < -0.39 is 22.1 Å². The fraction of sp³-hybridized carbons (Fsp3) is 0.438. The molecule has 0 aliphatic rings. The first-order valence-corrected chi connectivity index (χ1v) is 9.75. The topological polar surface area (TPSA) is 69.7 Å². The second kappa shape index (κ2) is 9.06. The van der Waals surface area contributed by atoms with E-state index in [1.165, 1.54) is 0 Å². The van der Waals surface area contributed by atoms with Crippen molar-refractivity contribution in [3.63, 3.8) is 0 Å². The molecule has 0 fully saturated rings. The third kappa shape index (κ3) is 4.81. The third-order valence-electron chi connectivity index (χ3n) is 3.42. The van der Waals surface area contributed by atoms with Gasteiger partial charge < -0.3 is 0 Å². The van der Waals surface area contributed by atoms with Gasteiger partial charge in [-0.2, -0.15) is 0 Å². The number of rotatable bonds is 7. The van der Waals surface area contributed by atoms with Crippen LogP contribution in [0.15, 0.2) is 30.3 Å². The summed E-state index contributed by atoms with van der Waals surface area (Å²) in [7, 11) is 0. The van der Waals surface area contributed by atoms with Gasteiger partial charge in [-0.3, -0.25) is 0 Å². The summed E-state index contributed by atoms with van der Waals surface area (Å²) >= 11 is -0.175. The Labute approximate surface area is 169 Å². The molecule has 0 aliphatic carbocycles. The van der Waals surface area contributed by atoms with Gasteiger partial charge in [0.15, 0.2) is 0 Å². The van der Waals surface area contributed by atoms with E-state index in [-0.39, 0.29) is 68.8 Å². The van der Waals surface area contributed by atoms with Crippen LogP contribution in [-0.4, -0.2) is 86.5 Å². The van der Waals surface area contributed by atoms with Crippen LogP contribution in [0.1, 0.15) is 26.3 Å². The number of Topliss-reactive ketones (excluding diaryl/α,β-unsaturated/α-hetero) is 1. The van der Waals surface area contributed by atoms with Crippen LogP contribution in [0, 0.1) is 5.92 Å². The molecule has 0 N–H and O–H groups in total. The summed E-state index contributed by atoms with van der Waals surface area (Å²) in [5.74, 6) is -3.61. The first-order valence-electron chi connectivity index (χ1n) is 7.29. The van der Waals surface area contributed by atoms with Crippen molar-refractivity contribution < 1.29 is 23.9 Å². The zero-order valence-electron chi connectivity index (χ0n) is 13.4. The maximum atomic E-state index is 12.8. The Kier molecular flexibility index (Phi) is 8.10. The Morgan fingerprint density at radius 2 is 1.50 bits per heavy atom. The van der Waals surface area contributed by atoms with Crippen molar-refractivity contribution in [2.75, 3.05) is 13.2 Å². The fourth-order valence-corrected chi connectivity index (χ4v) is 3.65. The molecule has 114 valence electrons. The zero-order chi connectivity index (χ0) is 16.8. The Bertz CT molecular complexity index is 521. The van der Waals surface area contributed by atoms with Gasteiger partial charge >= 0.3 is 171 Å². The van der Waals surface area contributed by atoms with Crippen molar-refractivity contribution in [3.8, 4) is 0 Å². The summed E-state index contributed by atoms with van der Waals surface area (Å²) in [5.41, 5.74) is 0.814. The summed E-state index contributed by atoms with van der Waals surface area (Å²) in [4.78, 5) is 37.0. The van der Waals surface area contributed by atoms with Crippen molar-refractivity contribution in [1.29, 1.82) is 0 Å². The zero-order valence-corrected chi connectivity index (χ0v) is 18.3. The number of benzene rings is 1. The van der Waals surface area contributed by atoms with Crippen molar-refractivity contribution in [2.45, 2.75) is 19.3 Å². The average Bonchev–Trinajstić information content (AvgIpc) is 2.48. The van der Waals surface area contributed by atoms with Gasteiger partial charge in [0.05, 0.1) is 0 Å². The van der Waals surface area contributed by atoms with E-state index in [9.17, 15) is 14.4 Å². The van der Waals surface area contributed by atoms with Crippen LogP contribution in [0.25, 0.3) is 0 Å². The number of hydrogen-bond acceptors (Lipinski definition) is 5. The van der Waals surface area contributed by atoms with Crippen LogP contribution in [0.3, 0.4) is 0 Å². The number of carbonyl (C=O) groups is 3. The van der Waals surface area contributed by atoms with Crippen molar-refractivity contribution in [1.82, 2.24) is 0 Å². The molecule has 0 heterocycles. The molecule has 1 aromatic carbocycles. The van der Waals surface area contributed by atoms with E-state index in [2.05, 4.69) is 0 Å². The van der Waals surface area contributed by atoms with Crippen molar-refractivity contribution in [2.24, 2.45) is 5.92 Å². The summed E-state index contributed by atoms with van der Waals surface area (Å²) in [6.45, 7) is 5.25. The quantitative estimate of drug-likeness (QED) is 0.531. The van der Waals surface area contributed by atoms with E-state index in [0.717, 1.165) is 5.56 Å². The first-order chi connectivity index (χ1) is 10.4. The summed E-state index contributed by atoms with van der Waals surface area (Å²) in [5, 5.41) is 0. The molecule has 1 aromatic rings. The monoisotopic (exact) mass is 376 g/mol. The number of esters is 2. The number of hydrogen-bond donors (Lipinski definition) is 0. The van der Waals surface area contributed by atoms with Crippen molar-refractivity contribution in [3.05, 3.63) is 35.9 Å². The molecule has 1 unspecified atom stereocenters. The van der Waals surface area contributed by atoms with Crippen LogP contribution in [0.2, 0.25) is 0 Å². The molecule has 6 heteroatoms. The number of ether oxygens (including phenoxy) is 2. The van der Waals surface area contributed by atoms with E-state index in [0.29, 0.717) is 0 Å². The van der Waals surface area contributed by atoms with E-state index in [1.54, 1.807) is 20.8 Å². The predicted molar refractivity (Wildman–Crippen MR) is 81.3 cm³/mol. The molecule has 1 atom stereocenters. The second-order valence-corrected chi connectivity index (χ2v) is 10.2. The Morgan fingerprint density at radius 3 is 1.91 bits per heavy atom. The van der Waals surface area contributed by atoms with Crippen LogP contribution in [0.5, 0.6) is 0 Å². The SMILES string of the molecule is CCOC(=O)C(C(=O)OCC)C(=O)[C](C)([Rb])c1ccccc1. The van der Waals surface area contributed by atoms with Gasteiger partial charge in [0.2, 0.25) is 0 Å². The van der Waals surface area contributed by atoms with Gasteiger partial charge in [0, 0.05) is 0 Å². The molecule has 0 aromatic heterocycles. The maximum absolute atomic E-state index is 12.8. The van der Waals surface area contributed by atoms with Crippen molar-refractivity contribution >= 4 is 73.3 Å². The van der Waals surface area contributed by atoms with Crippen LogP contribution in [0.4, 0.5) is 0 Å². The van der Waals surface area contributed by atoms with Gasteiger partial charge in [-0.05, 0) is 0 Å². The van der Waals surface area contributed by atoms with E-state index >= 15 is 0 Å². The Hall–Kier alpha value is -0.365. The van der Waals surface area contributed by atoms with Gasteiger partial charge in [0.1, 0.15) is 0 Å². The molecule has 0 radical (unpaired) electrons. The van der Waals surface area contributed by atoms with E-state index in [4.69, 9.17) is 9.47 Å². The minimum absolute atomic E-state index is 0.108. The summed E-state index contributed by atoms with van der Waals surface area (Å²) in [6.07, 6.45) is 0.